The lowest BCUT2D eigenvalue weighted by Crippen LogP contribution is -2.29. The van der Waals surface area contributed by atoms with Crippen molar-refractivity contribution in [2.45, 2.75) is 19.9 Å². The zero-order chi connectivity index (χ0) is 22.8. The number of rotatable bonds is 4. The number of allylic oxidation sites excluding steroid dienone is 1. The van der Waals surface area contributed by atoms with Crippen molar-refractivity contribution in [1.82, 2.24) is 20.2 Å². The Morgan fingerprint density at radius 3 is 2.81 bits per heavy atom. The number of hydrogen-bond acceptors (Lipinski definition) is 6. The smallest absolute Gasteiger partial charge is 0.269 e. The molecule has 2 aliphatic heterocycles. The average molecular weight is 437 g/mol. The van der Waals surface area contributed by atoms with E-state index >= 15 is 4.39 Å². The molecule has 7 nitrogen and oxygen atoms in total. The molecule has 0 aliphatic carbocycles. The first-order valence-corrected chi connectivity index (χ1v) is 10.1. The van der Waals surface area contributed by atoms with Crippen molar-refractivity contribution in [3.05, 3.63) is 70.0 Å². The second kappa shape index (κ2) is 8.82. The molecule has 2 N–H and O–H groups in total. The first kappa shape index (κ1) is 21.5. The summed E-state index contributed by atoms with van der Waals surface area (Å²) < 4.78 is 29.5. The van der Waals surface area contributed by atoms with Gasteiger partial charge in [0.15, 0.2) is 11.8 Å². The Balaban J connectivity index is 1.49. The Kier molecular flexibility index (Phi) is 5.94. The molecule has 2 aromatic heterocycles. The third kappa shape index (κ3) is 4.08. The number of nitrogens with zero attached hydrogens (tertiary/aromatic N) is 3. The summed E-state index contributed by atoms with van der Waals surface area (Å²) in [6.45, 7) is 3.13. The third-order valence-corrected chi connectivity index (χ3v) is 5.56. The Morgan fingerprint density at radius 2 is 2.16 bits per heavy atom. The second-order valence-electron chi connectivity index (χ2n) is 7.62. The maximum absolute atomic E-state index is 15.1. The fourth-order valence-electron chi connectivity index (χ4n) is 3.76. The van der Waals surface area contributed by atoms with Gasteiger partial charge in [-0.3, -0.25) is 14.7 Å². The highest BCUT2D eigenvalue weighted by Gasteiger charge is 2.23. The zero-order valence-corrected chi connectivity index (χ0v) is 17.6. The van der Waals surface area contributed by atoms with Crippen molar-refractivity contribution >= 4 is 29.2 Å². The summed E-state index contributed by atoms with van der Waals surface area (Å²) in [5.74, 6) is 0.181. The third-order valence-electron chi connectivity index (χ3n) is 5.56. The largest absolute Gasteiger partial charge is 0.354 e. The maximum atomic E-state index is 15.1. The lowest BCUT2D eigenvalue weighted by atomic mass is 9.99. The van der Waals surface area contributed by atoms with Gasteiger partial charge in [0.05, 0.1) is 5.69 Å². The summed E-state index contributed by atoms with van der Waals surface area (Å²) in [6, 6.07) is 3.05. The molecular weight excluding hydrogens is 416 g/mol. The molecule has 4 rings (SSSR count). The number of nitrogens with one attached hydrogen (secondary N) is 2. The Labute approximate surface area is 183 Å². The number of fused-ring (bicyclic) bond motifs is 1. The quantitative estimate of drug-likeness (QED) is 0.565. The highest BCUT2D eigenvalue weighted by Crippen LogP contribution is 2.31. The summed E-state index contributed by atoms with van der Waals surface area (Å²) in [4.78, 5) is 32.7. The van der Waals surface area contributed by atoms with Crippen molar-refractivity contribution < 1.29 is 18.4 Å². The van der Waals surface area contributed by atoms with Crippen LogP contribution in [0.1, 0.15) is 40.7 Å². The van der Waals surface area contributed by atoms with E-state index in [1.807, 2.05) is 11.0 Å². The van der Waals surface area contributed by atoms with Gasteiger partial charge in [-0.2, -0.15) is 4.39 Å². The van der Waals surface area contributed by atoms with Crippen LogP contribution in [0.5, 0.6) is 0 Å². The van der Waals surface area contributed by atoms with Gasteiger partial charge in [0.2, 0.25) is 5.95 Å². The Morgan fingerprint density at radius 1 is 1.34 bits per heavy atom. The van der Waals surface area contributed by atoms with E-state index in [4.69, 9.17) is 0 Å². The first-order valence-electron chi connectivity index (χ1n) is 10.1. The molecule has 0 unspecified atom stereocenters. The van der Waals surface area contributed by atoms with Crippen molar-refractivity contribution in [2.75, 3.05) is 25.5 Å². The summed E-state index contributed by atoms with van der Waals surface area (Å²) in [5.41, 5.74) is 3.02. The van der Waals surface area contributed by atoms with E-state index in [1.54, 1.807) is 25.0 Å². The SMILES string of the molecule is CNC(=O)c1ccc(C2=CCN(Cc3cnc4c(c3F)NC(=C=O)C(C)=C4)CC2)c(F)n1. The molecule has 32 heavy (non-hydrogen) atoms. The minimum absolute atomic E-state index is 0.0217. The predicted molar refractivity (Wildman–Crippen MR) is 116 cm³/mol. The van der Waals surface area contributed by atoms with Gasteiger partial charge < -0.3 is 10.6 Å². The molecular formula is C23H21F2N5O2. The monoisotopic (exact) mass is 437 g/mol. The van der Waals surface area contributed by atoms with Gasteiger partial charge >= 0.3 is 0 Å². The van der Waals surface area contributed by atoms with E-state index in [0.29, 0.717) is 48.4 Å². The molecule has 0 spiro atoms. The van der Waals surface area contributed by atoms with E-state index in [-0.39, 0.29) is 17.1 Å². The van der Waals surface area contributed by atoms with Crippen LogP contribution < -0.4 is 10.6 Å². The van der Waals surface area contributed by atoms with Crippen LogP contribution in [0.2, 0.25) is 0 Å². The number of carbonyl (C=O) groups is 1. The Hall–Kier alpha value is -3.68. The number of anilines is 1. The fourth-order valence-corrected chi connectivity index (χ4v) is 3.76. The fraction of sp³-hybridized carbons (Fsp3) is 0.261. The van der Waals surface area contributed by atoms with E-state index in [1.165, 1.54) is 19.3 Å². The van der Waals surface area contributed by atoms with Gasteiger partial charge in [0, 0.05) is 44.0 Å². The van der Waals surface area contributed by atoms with Crippen molar-refractivity contribution in [3.63, 3.8) is 0 Å². The van der Waals surface area contributed by atoms with Gasteiger partial charge in [-0.25, -0.2) is 14.2 Å². The lowest BCUT2D eigenvalue weighted by Gasteiger charge is -2.27. The lowest BCUT2D eigenvalue weighted by molar-refractivity contribution is 0.0957. The molecule has 2 aromatic rings. The molecule has 0 saturated heterocycles. The number of hydrogen-bond donors (Lipinski definition) is 2. The molecule has 0 aromatic carbocycles. The van der Waals surface area contributed by atoms with Gasteiger partial charge in [0.1, 0.15) is 17.1 Å². The predicted octanol–water partition coefficient (Wildman–Crippen LogP) is 2.95. The van der Waals surface area contributed by atoms with E-state index in [2.05, 4.69) is 20.6 Å². The van der Waals surface area contributed by atoms with Crippen LogP contribution >= 0.6 is 0 Å². The number of amides is 1. The van der Waals surface area contributed by atoms with Crippen LogP contribution in [-0.2, 0) is 11.3 Å². The number of pyridine rings is 2. The van der Waals surface area contributed by atoms with Crippen molar-refractivity contribution in [3.8, 4) is 0 Å². The normalized spacial score (nSPS) is 15.8. The van der Waals surface area contributed by atoms with Crippen LogP contribution in [-0.4, -0.2) is 46.9 Å². The van der Waals surface area contributed by atoms with Crippen LogP contribution in [0.15, 0.2) is 35.7 Å². The van der Waals surface area contributed by atoms with E-state index in [9.17, 15) is 14.0 Å². The number of aromatic nitrogens is 2. The molecule has 4 heterocycles. The molecule has 0 bridgehead atoms. The van der Waals surface area contributed by atoms with Gasteiger partial charge in [-0.1, -0.05) is 6.08 Å². The van der Waals surface area contributed by atoms with Crippen LogP contribution in [0.3, 0.4) is 0 Å². The molecule has 2 aliphatic rings. The van der Waals surface area contributed by atoms with Crippen molar-refractivity contribution in [1.29, 1.82) is 0 Å². The molecule has 164 valence electrons. The van der Waals surface area contributed by atoms with Crippen LogP contribution in [0.25, 0.3) is 11.6 Å². The van der Waals surface area contributed by atoms with Crippen LogP contribution in [0.4, 0.5) is 14.5 Å². The first-order chi connectivity index (χ1) is 15.4. The van der Waals surface area contributed by atoms with E-state index < -0.39 is 17.7 Å². The Bertz CT molecular complexity index is 1220. The van der Waals surface area contributed by atoms with Crippen LogP contribution in [0, 0.1) is 11.8 Å². The summed E-state index contributed by atoms with van der Waals surface area (Å²) in [6.07, 6.45) is 5.57. The zero-order valence-electron chi connectivity index (χ0n) is 17.6. The highest BCUT2D eigenvalue weighted by molar-refractivity contribution is 5.92. The average Bonchev–Trinajstić information content (AvgIpc) is 2.80. The summed E-state index contributed by atoms with van der Waals surface area (Å²) in [7, 11) is 1.46. The standard InChI is InChI=1S/C23H21F2N5O2/c1-13-9-18-21(28-19(13)12-31)20(24)15(10-27-18)11-30-7-5-14(6-8-30)16-3-4-17(23(32)26-2)29-22(16)25/h3-5,9-10,28H,6-8,11H2,1-2H3,(H,26,32). The van der Waals surface area contributed by atoms with Gasteiger partial charge in [0.25, 0.3) is 5.91 Å². The number of halogens is 2. The van der Waals surface area contributed by atoms with Gasteiger partial charge in [-0.05, 0) is 42.7 Å². The molecule has 0 atom stereocenters. The molecule has 9 heteroatoms. The highest BCUT2D eigenvalue weighted by atomic mass is 19.1. The number of carbonyl (C=O) groups excluding carboxylic acids is 2. The summed E-state index contributed by atoms with van der Waals surface area (Å²) >= 11 is 0. The molecule has 0 radical (unpaired) electrons. The van der Waals surface area contributed by atoms with Crippen molar-refractivity contribution in [2.24, 2.45) is 0 Å². The molecule has 0 fully saturated rings. The molecule has 0 saturated carbocycles. The van der Waals surface area contributed by atoms with E-state index in [0.717, 1.165) is 5.57 Å². The van der Waals surface area contributed by atoms with Gasteiger partial charge in [-0.15, -0.1) is 0 Å². The minimum Gasteiger partial charge on any atom is -0.354 e. The topological polar surface area (TPSA) is 87.2 Å². The molecule has 1 amide bonds. The second-order valence-corrected chi connectivity index (χ2v) is 7.62. The summed E-state index contributed by atoms with van der Waals surface area (Å²) in [5, 5.41) is 5.19. The minimum atomic E-state index is -0.691. The maximum Gasteiger partial charge on any atom is 0.269 e.